The highest BCUT2D eigenvalue weighted by atomic mass is 32.1. The average molecular weight is 212 g/mol. The standard InChI is InChI=1S/C10H16N2OS/c1-4-6-9(13)12-10-11-8(5-2)7(3)14-10/h4-6H2,1-3H3,(H,11,12,13). The zero-order valence-corrected chi connectivity index (χ0v) is 9.70. The molecule has 0 aliphatic heterocycles. The van der Waals surface area contributed by atoms with Gasteiger partial charge >= 0.3 is 0 Å². The molecule has 1 rings (SSSR count). The van der Waals surface area contributed by atoms with Gasteiger partial charge in [0, 0.05) is 11.3 Å². The van der Waals surface area contributed by atoms with Crippen molar-refractivity contribution in [2.45, 2.75) is 40.0 Å². The quantitative estimate of drug-likeness (QED) is 0.833. The van der Waals surface area contributed by atoms with E-state index in [9.17, 15) is 4.79 Å². The molecule has 78 valence electrons. The molecule has 0 aromatic carbocycles. The summed E-state index contributed by atoms with van der Waals surface area (Å²) in [6.07, 6.45) is 2.36. The Hall–Kier alpha value is -0.900. The van der Waals surface area contributed by atoms with Gasteiger partial charge in [-0.15, -0.1) is 11.3 Å². The van der Waals surface area contributed by atoms with Gasteiger partial charge in [0.2, 0.25) is 5.91 Å². The molecule has 0 saturated heterocycles. The number of hydrogen-bond acceptors (Lipinski definition) is 3. The fraction of sp³-hybridized carbons (Fsp3) is 0.600. The number of anilines is 1. The molecule has 0 aliphatic carbocycles. The van der Waals surface area contributed by atoms with Crippen LogP contribution in [-0.4, -0.2) is 10.9 Å². The van der Waals surface area contributed by atoms with E-state index in [0.717, 1.165) is 23.7 Å². The summed E-state index contributed by atoms with van der Waals surface area (Å²) in [6, 6.07) is 0. The summed E-state index contributed by atoms with van der Waals surface area (Å²) in [5.74, 6) is 0.0592. The first-order valence-corrected chi connectivity index (χ1v) is 5.75. The Labute approximate surface area is 88.6 Å². The number of rotatable bonds is 4. The molecule has 1 heterocycles. The van der Waals surface area contributed by atoms with Crippen LogP contribution in [-0.2, 0) is 11.2 Å². The van der Waals surface area contributed by atoms with Gasteiger partial charge in [-0.1, -0.05) is 13.8 Å². The van der Waals surface area contributed by atoms with Crippen molar-refractivity contribution >= 4 is 22.4 Å². The van der Waals surface area contributed by atoms with Crippen molar-refractivity contribution in [1.29, 1.82) is 0 Å². The molecular formula is C10H16N2OS. The average Bonchev–Trinajstić information content (AvgIpc) is 2.46. The van der Waals surface area contributed by atoms with E-state index < -0.39 is 0 Å². The lowest BCUT2D eigenvalue weighted by Gasteiger charge is -1.97. The Bertz CT molecular complexity index is 320. The number of aromatic nitrogens is 1. The van der Waals surface area contributed by atoms with Crippen molar-refractivity contribution in [3.8, 4) is 0 Å². The molecule has 0 atom stereocenters. The predicted molar refractivity (Wildman–Crippen MR) is 59.8 cm³/mol. The highest BCUT2D eigenvalue weighted by molar-refractivity contribution is 7.15. The van der Waals surface area contributed by atoms with Gasteiger partial charge in [0.1, 0.15) is 0 Å². The number of amides is 1. The number of thiazole rings is 1. The summed E-state index contributed by atoms with van der Waals surface area (Å²) in [6.45, 7) is 6.09. The summed E-state index contributed by atoms with van der Waals surface area (Å²) in [5, 5.41) is 3.54. The minimum Gasteiger partial charge on any atom is -0.302 e. The second-order valence-electron chi connectivity index (χ2n) is 3.17. The van der Waals surface area contributed by atoms with Crippen molar-refractivity contribution in [3.05, 3.63) is 10.6 Å². The molecule has 1 amide bonds. The lowest BCUT2D eigenvalue weighted by atomic mass is 10.3. The van der Waals surface area contributed by atoms with Crippen molar-refractivity contribution in [1.82, 2.24) is 4.98 Å². The number of nitrogens with one attached hydrogen (secondary N) is 1. The molecule has 4 heteroatoms. The van der Waals surface area contributed by atoms with E-state index >= 15 is 0 Å². The maximum Gasteiger partial charge on any atom is 0.226 e. The zero-order chi connectivity index (χ0) is 10.6. The molecule has 1 aromatic rings. The smallest absolute Gasteiger partial charge is 0.226 e. The van der Waals surface area contributed by atoms with Crippen LogP contribution in [0.1, 0.15) is 37.3 Å². The van der Waals surface area contributed by atoms with E-state index in [-0.39, 0.29) is 5.91 Å². The number of aryl methyl sites for hydroxylation is 2. The van der Waals surface area contributed by atoms with Crippen LogP contribution in [0.3, 0.4) is 0 Å². The fourth-order valence-corrected chi connectivity index (χ4v) is 2.14. The van der Waals surface area contributed by atoms with Crippen LogP contribution in [0.25, 0.3) is 0 Å². The lowest BCUT2D eigenvalue weighted by Crippen LogP contribution is -2.10. The van der Waals surface area contributed by atoms with Gasteiger partial charge in [-0.25, -0.2) is 4.98 Å². The van der Waals surface area contributed by atoms with Crippen LogP contribution >= 0.6 is 11.3 Å². The predicted octanol–water partition coefficient (Wildman–Crippen LogP) is 2.75. The zero-order valence-electron chi connectivity index (χ0n) is 8.89. The Morgan fingerprint density at radius 3 is 2.71 bits per heavy atom. The minimum atomic E-state index is 0.0592. The van der Waals surface area contributed by atoms with Gasteiger partial charge in [0.15, 0.2) is 5.13 Å². The first-order valence-electron chi connectivity index (χ1n) is 4.93. The molecule has 0 saturated carbocycles. The van der Waals surface area contributed by atoms with Crippen LogP contribution in [0.2, 0.25) is 0 Å². The molecule has 0 unspecified atom stereocenters. The molecule has 14 heavy (non-hydrogen) atoms. The topological polar surface area (TPSA) is 42.0 Å². The van der Waals surface area contributed by atoms with Gasteiger partial charge in [-0.05, 0) is 19.8 Å². The number of carbonyl (C=O) groups is 1. The third kappa shape index (κ3) is 2.80. The Kier molecular flexibility index (Phi) is 4.07. The summed E-state index contributed by atoms with van der Waals surface area (Å²) < 4.78 is 0. The van der Waals surface area contributed by atoms with Crippen LogP contribution in [0.5, 0.6) is 0 Å². The van der Waals surface area contributed by atoms with Gasteiger partial charge in [0.25, 0.3) is 0 Å². The number of hydrogen-bond donors (Lipinski definition) is 1. The Morgan fingerprint density at radius 1 is 1.50 bits per heavy atom. The molecule has 1 N–H and O–H groups in total. The largest absolute Gasteiger partial charge is 0.302 e. The van der Waals surface area contributed by atoms with E-state index in [1.807, 2.05) is 13.8 Å². The van der Waals surface area contributed by atoms with Gasteiger partial charge in [0.05, 0.1) is 5.69 Å². The van der Waals surface area contributed by atoms with Crippen LogP contribution in [0.4, 0.5) is 5.13 Å². The monoisotopic (exact) mass is 212 g/mol. The summed E-state index contributed by atoms with van der Waals surface area (Å²) in [5.41, 5.74) is 1.08. The van der Waals surface area contributed by atoms with E-state index in [1.54, 1.807) is 11.3 Å². The van der Waals surface area contributed by atoms with Crippen molar-refractivity contribution < 1.29 is 4.79 Å². The van der Waals surface area contributed by atoms with Crippen molar-refractivity contribution in [3.63, 3.8) is 0 Å². The minimum absolute atomic E-state index is 0.0592. The molecule has 3 nitrogen and oxygen atoms in total. The molecule has 0 fully saturated rings. The summed E-state index contributed by atoms with van der Waals surface area (Å²) >= 11 is 1.55. The molecule has 0 bridgehead atoms. The second kappa shape index (κ2) is 5.10. The van der Waals surface area contributed by atoms with E-state index in [4.69, 9.17) is 0 Å². The maximum absolute atomic E-state index is 11.3. The Balaban J connectivity index is 2.63. The third-order valence-electron chi connectivity index (χ3n) is 1.95. The van der Waals surface area contributed by atoms with Crippen LogP contribution in [0, 0.1) is 6.92 Å². The molecule has 0 radical (unpaired) electrons. The first kappa shape index (κ1) is 11.2. The lowest BCUT2D eigenvalue weighted by molar-refractivity contribution is -0.116. The van der Waals surface area contributed by atoms with Crippen LogP contribution < -0.4 is 5.32 Å². The van der Waals surface area contributed by atoms with Gasteiger partial charge in [-0.3, -0.25) is 4.79 Å². The van der Waals surface area contributed by atoms with E-state index in [0.29, 0.717) is 6.42 Å². The molecule has 1 aromatic heterocycles. The molecule has 0 aliphatic rings. The fourth-order valence-electron chi connectivity index (χ4n) is 1.22. The molecular weight excluding hydrogens is 196 g/mol. The first-order chi connectivity index (χ1) is 6.67. The van der Waals surface area contributed by atoms with Crippen molar-refractivity contribution in [2.24, 2.45) is 0 Å². The van der Waals surface area contributed by atoms with Gasteiger partial charge < -0.3 is 5.32 Å². The van der Waals surface area contributed by atoms with Gasteiger partial charge in [-0.2, -0.15) is 0 Å². The number of carbonyl (C=O) groups excluding carboxylic acids is 1. The summed E-state index contributed by atoms with van der Waals surface area (Å²) in [7, 11) is 0. The highest BCUT2D eigenvalue weighted by Gasteiger charge is 2.07. The summed E-state index contributed by atoms with van der Waals surface area (Å²) in [4.78, 5) is 16.8. The highest BCUT2D eigenvalue weighted by Crippen LogP contribution is 2.22. The molecule has 0 spiro atoms. The Morgan fingerprint density at radius 2 is 2.21 bits per heavy atom. The normalized spacial score (nSPS) is 10.2. The maximum atomic E-state index is 11.3. The van der Waals surface area contributed by atoms with E-state index in [2.05, 4.69) is 17.2 Å². The van der Waals surface area contributed by atoms with E-state index in [1.165, 1.54) is 4.88 Å². The second-order valence-corrected chi connectivity index (χ2v) is 4.38. The van der Waals surface area contributed by atoms with Crippen molar-refractivity contribution in [2.75, 3.05) is 5.32 Å². The SMILES string of the molecule is CCCC(=O)Nc1nc(CC)c(C)s1. The number of nitrogens with zero attached hydrogens (tertiary/aromatic N) is 1. The third-order valence-corrected chi connectivity index (χ3v) is 2.88. The van der Waals surface area contributed by atoms with Crippen LogP contribution in [0.15, 0.2) is 0 Å².